The van der Waals surface area contributed by atoms with E-state index in [1.54, 1.807) is 6.92 Å². The number of esters is 1. The van der Waals surface area contributed by atoms with Crippen LogP contribution in [0, 0.1) is 0 Å². The van der Waals surface area contributed by atoms with Crippen molar-refractivity contribution in [2.24, 2.45) is 0 Å². The summed E-state index contributed by atoms with van der Waals surface area (Å²) >= 11 is 1.50. The Balaban J connectivity index is 1.93. The lowest BCUT2D eigenvalue weighted by Crippen LogP contribution is -2.49. The topological polar surface area (TPSA) is 79.9 Å². The van der Waals surface area contributed by atoms with Crippen molar-refractivity contribution in [2.75, 3.05) is 39.5 Å². The molecule has 0 radical (unpaired) electrons. The van der Waals surface area contributed by atoms with Crippen LogP contribution >= 0.6 is 11.3 Å². The van der Waals surface area contributed by atoms with Crippen molar-refractivity contribution in [1.82, 2.24) is 15.5 Å². The van der Waals surface area contributed by atoms with Crippen LogP contribution in [0.5, 0.6) is 0 Å². The van der Waals surface area contributed by atoms with Gasteiger partial charge in [0.1, 0.15) is 0 Å². The molecule has 2 amide bonds. The van der Waals surface area contributed by atoms with E-state index in [0.717, 1.165) is 18.0 Å². The molecular weight excluding hydrogens is 330 g/mol. The molecule has 1 saturated heterocycles. The maximum absolute atomic E-state index is 12.6. The zero-order valence-electron chi connectivity index (χ0n) is 13.5. The summed E-state index contributed by atoms with van der Waals surface area (Å²) < 4.78 is 10.6. The number of ether oxygens (including phenoxy) is 2. The van der Waals surface area contributed by atoms with Gasteiger partial charge in [-0.2, -0.15) is 0 Å². The second-order valence-electron chi connectivity index (χ2n) is 5.55. The fourth-order valence-electron chi connectivity index (χ4n) is 2.84. The summed E-state index contributed by atoms with van der Waals surface area (Å²) in [6, 6.07) is 3.03. The van der Waals surface area contributed by atoms with E-state index < -0.39 is 12.0 Å². The Kier molecular flexibility index (Phi) is 5.49. The van der Waals surface area contributed by atoms with Gasteiger partial charge in [0.25, 0.3) is 0 Å². The molecule has 2 aliphatic heterocycles. The molecule has 3 heterocycles. The molecule has 2 N–H and O–H groups in total. The number of hydrogen-bond acceptors (Lipinski definition) is 6. The summed E-state index contributed by atoms with van der Waals surface area (Å²) in [7, 11) is 0. The lowest BCUT2D eigenvalue weighted by molar-refractivity contribution is -0.139. The quantitative estimate of drug-likeness (QED) is 0.781. The van der Waals surface area contributed by atoms with Gasteiger partial charge in [-0.3, -0.25) is 4.90 Å². The average molecular weight is 351 g/mol. The van der Waals surface area contributed by atoms with Crippen LogP contribution in [-0.2, 0) is 14.3 Å². The van der Waals surface area contributed by atoms with Gasteiger partial charge in [0.15, 0.2) is 0 Å². The number of thiophene rings is 1. The molecule has 1 atom stereocenters. The van der Waals surface area contributed by atoms with E-state index in [2.05, 4.69) is 15.5 Å². The van der Waals surface area contributed by atoms with Crippen LogP contribution in [-0.4, -0.2) is 56.4 Å². The van der Waals surface area contributed by atoms with Crippen LogP contribution in [0.25, 0.3) is 0 Å². The Morgan fingerprint density at radius 1 is 1.46 bits per heavy atom. The zero-order chi connectivity index (χ0) is 16.9. The van der Waals surface area contributed by atoms with Crippen LogP contribution in [0.2, 0.25) is 0 Å². The predicted molar refractivity (Wildman–Crippen MR) is 89.6 cm³/mol. The monoisotopic (exact) mass is 351 g/mol. The Labute approximate surface area is 144 Å². The summed E-state index contributed by atoms with van der Waals surface area (Å²) in [6.45, 7) is 5.41. The number of urea groups is 1. The minimum absolute atomic E-state index is 0.290. The number of carbonyl (C=O) groups is 2. The maximum Gasteiger partial charge on any atom is 0.338 e. The van der Waals surface area contributed by atoms with E-state index in [0.29, 0.717) is 31.0 Å². The SMILES string of the molecule is CCOC(=O)C1=C(CN2CCOCC2)NC(=O)NC1c1cccs1. The fourth-order valence-corrected chi connectivity index (χ4v) is 3.63. The molecule has 0 aromatic carbocycles. The van der Waals surface area contributed by atoms with E-state index in [9.17, 15) is 9.59 Å². The second-order valence-corrected chi connectivity index (χ2v) is 6.53. The highest BCUT2D eigenvalue weighted by molar-refractivity contribution is 7.10. The summed E-state index contributed by atoms with van der Waals surface area (Å²) in [5.41, 5.74) is 1.09. The third-order valence-corrected chi connectivity index (χ3v) is 4.90. The van der Waals surface area contributed by atoms with Crippen LogP contribution in [0.3, 0.4) is 0 Å². The largest absolute Gasteiger partial charge is 0.463 e. The van der Waals surface area contributed by atoms with Crippen molar-refractivity contribution in [3.05, 3.63) is 33.7 Å². The predicted octanol–water partition coefficient (Wildman–Crippen LogP) is 1.25. The first kappa shape index (κ1) is 16.9. The van der Waals surface area contributed by atoms with Crippen molar-refractivity contribution in [2.45, 2.75) is 13.0 Å². The van der Waals surface area contributed by atoms with Crippen molar-refractivity contribution in [3.63, 3.8) is 0 Å². The number of rotatable bonds is 5. The first-order chi connectivity index (χ1) is 11.7. The van der Waals surface area contributed by atoms with Gasteiger partial charge in [0.2, 0.25) is 0 Å². The third-order valence-electron chi connectivity index (χ3n) is 3.96. The molecule has 0 spiro atoms. The molecule has 7 nitrogen and oxygen atoms in total. The highest BCUT2D eigenvalue weighted by atomic mass is 32.1. The molecule has 0 aliphatic carbocycles. The molecule has 2 aliphatic rings. The molecule has 8 heteroatoms. The highest BCUT2D eigenvalue weighted by Gasteiger charge is 2.34. The first-order valence-corrected chi connectivity index (χ1v) is 8.88. The zero-order valence-corrected chi connectivity index (χ0v) is 14.4. The van der Waals surface area contributed by atoms with Crippen molar-refractivity contribution < 1.29 is 19.1 Å². The summed E-state index contributed by atoms with van der Waals surface area (Å²) in [5.74, 6) is -0.397. The fraction of sp³-hybridized carbons (Fsp3) is 0.500. The molecule has 3 rings (SSSR count). The molecule has 1 unspecified atom stereocenters. The van der Waals surface area contributed by atoms with Gasteiger partial charge in [0, 0.05) is 30.2 Å². The minimum Gasteiger partial charge on any atom is -0.463 e. The number of morpholine rings is 1. The number of nitrogens with zero attached hydrogens (tertiary/aromatic N) is 1. The van der Waals surface area contributed by atoms with Crippen molar-refractivity contribution in [1.29, 1.82) is 0 Å². The van der Waals surface area contributed by atoms with E-state index >= 15 is 0 Å². The van der Waals surface area contributed by atoms with Gasteiger partial charge in [-0.15, -0.1) is 11.3 Å². The summed E-state index contributed by atoms with van der Waals surface area (Å²) in [5, 5.41) is 7.55. The van der Waals surface area contributed by atoms with Crippen molar-refractivity contribution >= 4 is 23.3 Å². The second kappa shape index (κ2) is 7.78. The number of amides is 2. The Morgan fingerprint density at radius 3 is 2.92 bits per heavy atom. The number of carbonyl (C=O) groups excluding carboxylic acids is 2. The van der Waals surface area contributed by atoms with Crippen LogP contribution in [0.4, 0.5) is 4.79 Å². The average Bonchev–Trinajstić information content (AvgIpc) is 3.10. The number of hydrogen-bond donors (Lipinski definition) is 2. The first-order valence-electron chi connectivity index (χ1n) is 8.00. The van der Waals surface area contributed by atoms with E-state index in [4.69, 9.17) is 9.47 Å². The standard InChI is InChI=1S/C16H21N3O4S/c1-2-23-15(20)13-11(10-19-5-7-22-8-6-19)17-16(21)18-14(13)12-4-3-9-24-12/h3-4,9,14H,2,5-8,10H2,1H3,(H2,17,18,21). The molecule has 24 heavy (non-hydrogen) atoms. The lowest BCUT2D eigenvalue weighted by atomic mass is 10.0. The van der Waals surface area contributed by atoms with E-state index in [-0.39, 0.29) is 12.6 Å². The molecule has 1 fully saturated rings. The van der Waals surface area contributed by atoms with Gasteiger partial charge in [-0.05, 0) is 18.4 Å². The van der Waals surface area contributed by atoms with Crippen LogP contribution in [0.1, 0.15) is 17.8 Å². The highest BCUT2D eigenvalue weighted by Crippen LogP contribution is 2.30. The molecule has 1 aromatic rings. The van der Waals surface area contributed by atoms with E-state index in [1.807, 2.05) is 17.5 Å². The molecule has 130 valence electrons. The molecule has 0 bridgehead atoms. The maximum atomic E-state index is 12.6. The summed E-state index contributed by atoms with van der Waals surface area (Å²) in [6.07, 6.45) is 0. The molecular formula is C16H21N3O4S. The normalized spacial score (nSPS) is 22.0. The van der Waals surface area contributed by atoms with Crippen LogP contribution < -0.4 is 10.6 Å². The van der Waals surface area contributed by atoms with Crippen molar-refractivity contribution in [3.8, 4) is 0 Å². The van der Waals surface area contributed by atoms with Gasteiger partial charge >= 0.3 is 12.0 Å². The third kappa shape index (κ3) is 3.77. The van der Waals surface area contributed by atoms with Gasteiger partial charge in [-0.1, -0.05) is 6.07 Å². The Bertz CT molecular complexity index is 623. The molecule has 0 saturated carbocycles. The Hall–Kier alpha value is -1.90. The number of nitrogens with one attached hydrogen (secondary N) is 2. The Morgan fingerprint density at radius 2 is 2.25 bits per heavy atom. The lowest BCUT2D eigenvalue weighted by Gasteiger charge is -2.32. The van der Waals surface area contributed by atoms with Gasteiger partial charge in [0.05, 0.1) is 31.4 Å². The smallest absolute Gasteiger partial charge is 0.338 e. The van der Waals surface area contributed by atoms with E-state index in [1.165, 1.54) is 11.3 Å². The van der Waals surface area contributed by atoms with Gasteiger partial charge in [-0.25, -0.2) is 9.59 Å². The molecule has 1 aromatic heterocycles. The summed E-state index contributed by atoms with van der Waals surface area (Å²) in [4.78, 5) is 27.7. The van der Waals surface area contributed by atoms with Crippen LogP contribution in [0.15, 0.2) is 28.8 Å². The van der Waals surface area contributed by atoms with Gasteiger partial charge < -0.3 is 20.1 Å². The minimum atomic E-state index is -0.478.